The second-order valence-electron chi connectivity index (χ2n) is 4.15. The molecule has 0 aromatic heterocycles. The summed E-state index contributed by atoms with van der Waals surface area (Å²) in [4.78, 5) is 12.1. The Morgan fingerprint density at radius 1 is 1.56 bits per heavy atom. The third-order valence-electron chi connectivity index (χ3n) is 2.60. The van der Waals surface area contributed by atoms with E-state index >= 15 is 0 Å². The molecule has 1 aromatic carbocycles. The Balaban J connectivity index is 2.73. The lowest BCUT2D eigenvalue weighted by molar-refractivity contribution is 0.0892. The summed E-state index contributed by atoms with van der Waals surface area (Å²) in [6, 6.07) is 5.26. The van der Waals surface area contributed by atoms with Crippen LogP contribution in [-0.4, -0.2) is 25.7 Å². The van der Waals surface area contributed by atoms with E-state index in [4.69, 9.17) is 10.5 Å². The predicted octanol–water partition coefficient (Wildman–Crippen LogP) is 2.58. The Morgan fingerprint density at radius 2 is 2.28 bits per heavy atom. The molecule has 1 amide bonds. The van der Waals surface area contributed by atoms with Crippen LogP contribution in [0, 0.1) is 0 Å². The number of carbonyl (C=O) groups excluding carboxylic acids is 1. The van der Waals surface area contributed by atoms with Gasteiger partial charge in [-0.05, 0) is 24.6 Å². The van der Waals surface area contributed by atoms with Crippen molar-refractivity contribution >= 4 is 27.5 Å². The molecule has 1 unspecified atom stereocenters. The van der Waals surface area contributed by atoms with Crippen molar-refractivity contribution in [3.63, 3.8) is 0 Å². The third kappa shape index (κ3) is 4.31. The fourth-order valence-electron chi connectivity index (χ4n) is 1.75. The first-order chi connectivity index (χ1) is 8.58. The van der Waals surface area contributed by atoms with E-state index in [9.17, 15) is 4.79 Å². The average molecular weight is 315 g/mol. The SMILES string of the molecule is CCCC(COC)NC(=O)c1ccc(Br)cc1N. The molecular weight excluding hydrogens is 296 g/mol. The van der Waals surface area contributed by atoms with Crippen LogP contribution in [0.2, 0.25) is 0 Å². The second-order valence-corrected chi connectivity index (χ2v) is 5.06. The van der Waals surface area contributed by atoms with Gasteiger partial charge in [0.1, 0.15) is 0 Å². The first-order valence-corrected chi connectivity index (χ1v) is 6.72. The van der Waals surface area contributed by atoms with Crippen LogP contribution in [0.3, 0.4) is 0 Å². The Morgan fingerprint density at radius 3 is 2.83 bits per heavy atom. The Bertz CT molecular complexity index is 404. The molecule has 1 aromatic rings. The number of hydrogen-bond donors (Lipinski definition) is 2. The van der Waals surface area contributed by atoms with Gasteiger partial charge in [-0.3, -0.25) is 4.79 Å². The summed E-state index contributed by atoms with van der Waals surface area (Å²) in [5.74, 6) is -0.157. The first kappa shape index (κ1) is 15.0. The molecule has 0 bridgehead atoms. The minimum absolute atomic E-state index is 0.0237. The van der Waals surface area contributed by atoms with Gasteiger partial charge in [0.2, 0.25) is 0 Å². The maximum Gasteiger partial charge on any atom is 0.253 e. The normalized spacial score (nSPS) is 12.2. The number of nitrogens with one attached hydrogen (secondary N) is 1. The quantitative estimate of drug-likeness (QED) is 0.793. The highest BCUT2D eigenvalue weighted by Gasteiger charge is 2.15. The van der Waals surface area contributed by atoms with Crippen molar-refractivity contribution in [1.82, 2.24) is 5.32 Å². The smallest absolute Gasteiger partial charge is 0.253 e. The topological polar surface area (TPSA) is 64.3 Å². The van der Waals surface area contributed by atoms with Crippen LogP contribution in [0.5, 0.6) is 0 Å². The molecule has 0 saturated heterocycles. The number of rotatable bonds is 6. The van der Waals surface area contributed by atoms with Gasteiger partial charge in [0.15, 0.2) is 0 Å². The summed E-state index contributed by atoms with van der Waals surface area (Å²) in [7, 11) is 1.63. The van der Waals surface area contributed by atoms with Crippen LogP contribution in [0.25, 0.3) is 0 Å². The summed E-state index contributed by atoms with van der Waals surface area (Å²) < 4.78 is 5.95. The van der Waals surface area contributed by atoms with Gasteiger partial charge in [-0.2, -0.15) is 0 Å². The zero-order valence-electron chi connectivity index (χ0n) is 10.7. The van der Waals surface area contributed by atoms with Gasteiger partial charge in [-0.1, -0.05) is 29.3 Å². The summed E-state index contributed by atoms with van der Waals surface area (Å²) in [5, 5.41) is 2.94. The van der Waals surface area contributed by atoms with Crippen LogP contribution in [-0.2, 0) is 4.74 Å². The molecule has 18 heavy (non-hydrogen) atoms. The number of halogens is 1. The van der Waals surface area contributed by atoms with Gasteiger partial charge in [0.05, 0.1) is 18.2 Å². The van der Waals surface area contributed by atoms with Crippen molar-refractivity contribution in [3.8, 4) is 0 Å². The monoisotopic (exact) mass is 314 g/mol. The van der Waals surface area contributed by atoms with Crippen LogP contribution < -0.4 is 11.1 Å². The summed E-state index contributed by atoms with van der Waals surface area (Å²) in [5.41, 5.74) is 6.79. The van der Waals surface area contributed by atoms with Crippen molar-refractivity contribution in [2.24, 2.45) is 0 Å². The lowest BCUT2D eigenvalue weighted by atomic mass is 10.1. The number of amides is 1. The number of anilines is 1. The zero-order valence-corrected chi connectivity index (χ0v) is 12.3. The molecular formula is C13H19BrN2O2. The Kier molecular flexibility index (Phi) is 6.15. The maximum atomic E-state index is 12.1. The number of nitrogen functional groups attached to an aromatic ring is 1. The molecule has 4 nitrogen and oxygen atoms in total. The molecule has 5 heteroatoms. The standard InChI is InChI=1S/C13H19BrN2O2/c1-3-4-10(8-18-2)16-13(17)11-6-5-9(14)7-12(11)15/h5-7,10H,3-4,8,15H2,1-2H3,(H,16,17). The molecule has 3 N–H and O–H groups in total. The molecule has 0 fully saturated rings. The predicted molar refractivity (Wildman–Crippen MR) is 76.6 cm³/mol. The second kappa shape index (κ2) is 7.38. The van der Waals surface area contributed by atoms with Crippen molar-refractivity contribution in [1.29, 1.82) is 0 Å². The van der Waals surface area contributed by atoms with Crippen LogP contribution in [0.15, 0.2) is 22.7 Å². The number of benzene rings is 1. The number of nitrogens with two attached hydrogens (primary N) is 1. The highest BCUT2D eigenvalue weighted by Crippen LogP contribution is 2.18. The van der Waals surface area contributed by atoms with E-state index in [0.717, 1.165) is 17.3 Å². The van der Waals surface area contributed by atoms with E-state index in [1.165, 1.54) is 0 Å². The van der Waals surface area contributed by atoms with E-state index in [0.29, 0.717) is 17.9 Å². The van der Waals surface area contributed by atoms with Crippen molar-refractivity contribution in [3.05, 3.63) is 28.2 Å². The number of hydrogen-bond acceptors (Lipinski definition) is 3. The molecule has 0 aliphatic carbocycles. The van der Waals surface area contributed by atoms with Crippen LogP contribution >= 0.6 is 15.9 Å². The molecule has 100 valence electrons. The molecule has 1 atom stereocenters. The van der Waals surface area contributed by atoms with Gasteiger partial charge in [-0.15, -0.1) is 0 Å². The molecule has 0 spiro atoms. The lowest BCUT2D eigenvalue weighted by Crippen LogP contribution is -2.38. The van der Waals surface area contributed by atoms with E-state index in [1.807, 2.05) is 0 Å². The third-order valence-corrected chi connectivity index (χ3v) is 3.09. The Hall–Kier alpha value is -1.07. The molecule has 0 radical (unpaired) electrons. The van der Waals surface area contributed by atoms with Gasteiger partial charge in [0.25, 0.3) is 5.91 Å². The lowest BCUT2D eigenvalue weighted by Gasteiger charge is -2.17. The van der Waals surface area contributed by atoms with Gasteiger partial charge in [-0.25, -0.2) is 0 Å². The highest BCUT2D eigenvalue weighted by atomic mass is 79.9. The average Bonchev–Trinajstić information content (AvgIpc) is 2.29. The molecule has 1 rings (SSSR count). The molecule has 0 saturated carbocycles. The largest absolute Gasteiger partial charge is 0.398 e. The number of carbonyl (C=O) groups is 1. The van der Waals surface area contributed by atoms with Gasteiger partial charge < -0.3 is 15.8 Å². The fourth-order valence-corrected chi connectivity index (χ4v) is 2.13. The number of ether oxygens (including phenoxy) is 1. The fraction of sp³-hybridized carbons (Fsp3) is 0.462. The zero-order chi connectivity index (χ0) is 13.5. The maximum absolute atomic E-state index is 12.1. The summed E-state index contributed by atoms with van der Waals surface area (Å²) in [6.07, 6.45) is 1.88. The van der Waals surface area contributed by atoms with Gasteiger partial charge >= 0.3 is 0 Å². The van der Waals surface area contributed by atoms with E-state index < -0.39 is 0 Å². The molecule has 0 aliphatic rings. The van der Waals surface area contributed by atoms with Crippen LogP contribution in [0.1, 0.15) is 30.1 Å². The molecule has 0 heterocycles. The summed E-state index contributed by atoms with van der Waals surface area (Å²) in [6.45, 7) is 2.58. The molecule has 0 aliphatic heterocycles. The highest BCUT2D eigenvalue weighted by molar-refractivity contribution is 9.10. The van der Waals surface area contributed by atoms with Gasteiger partial charge in [0, 0.05) is 17.3 Å². The van der Waals surface area contributed by atoms with E-state index in [1.54, 1.807) is 25.3 Å². The van der Waals surface area contributed by atoms with Crippen molar-refractivity contribution in [2.45, 2.75) is 25.8 Å². The minimum atomic E-state index is -0.157. The summed E-state index contributed by atoms with van der Waals surface area (Å²) >= 11 is 3.31. The minimum Gasteiger partial charge on any atom is -0.398 e. The van der Waals surface area contributed by atoms with E-state index in [-0.39, 0.29) is 11.9 Å². The van der Waals surface area contributed by atoms with E-state index in [2.05, 4.69) is 28.2 Å². The van der Waals surface area contributed by atoms with Crippen molar-refractivity contribution in [2.75, 3.05) is 19.5 Å². The number of methoxy groups -OCH3 is 1. The first-order valence-electron chi connectivity index (χ1n) is 5.93. The van der Waals surface area contributed by atoms with Crippen molar-refractivity contribution < 1.29 is 9.53 Å². The van der Waals surface area contributed by atoms with Crippen LogP contribution in [0.4, 0.5) is 5.69 Å². The Labute approximate surface area is 116 Å².